The number of hydrogen-bond donors (Lipinski definition) is 1. The summed E-state index contributed by atoms with van der Waals surface area (Å²) in [7, 11) is 1.66. The second kappa shape index (κ2) is 6.75. The third kappa shape index (κ3) is 3.51. The molecule has 0 aliphatic carbocycles. The van der Waals surface area contributed by atoms with Crippen LogP contribution in [0.25, 0.3) is 0 Å². The highest BCUT2D eigenvalue weighted by Gasteiger charge is 2.24. The molecule has 0 spiro atoms. The molecule has 4 heteroatoms. The maximum atomic E-state index is 12.3. The SMILES string of the molecule is COc1cccc([C@H](C)NC(C)C(=O)N2CCCC2)c1. The fourth-order valence-electron chi connectivity index (χ4n) is 2.66. The molecule has 0 aromatic heterocycles. The van der Waals surface area contributed by atoms with E-state index in [-0.39, 0.29) is 18.0 Å². The molecule has 1 fully saturated rings. The molecule has 0 bridgehead atoms. The van der Waals surface area contributed by atoms with Crippen molar-refractivity contribution < 1.29 is 9.53 Å². The highest BCUT2D eigenvalue weighted by atomic mass is 16.5. The van der Waals surface area contributed by atoms with Crippen LogP contribution < -0.4 is 10.1 Å². The molecular weight excluding hydrogens is 252 g/mol. The number of benzene rings is 1. The fraction of sp³-hybridized carbons (Fsp3) is 0.562. The second-order valence-electron chi connectivity index (χ2n) is 5.42. The molecule has 0 radical (unpaired) electrons. The number of rotatable bonds is 5. The van der Waals surface area contributed by atoms with Gasteiger partial charge >= 0.3 is 0 Å². The second-order valence-corrected chi connectivity index (χ2v) is 5.42. The van der Waals surface area contributed by atoms with E-state index >= 15 is 0 Å². The van der Waals surface area contributed by atoms with Gasteiger partial charge in [0.25, 0.3) is 0 Å². The molecule has 1 aromatic carbocycles. The maximum absolute atomic E-state index is 12.3. The standard InChI is InChI=1S/C16H24N2O2/c1-12(14-7-6-8-15(11-14)20-3)17-13(2)16(19)18-9-4-5-10-18/h6-8,11-13,17H,4-5,9-10H2,1-3H3/t12-,13?/m0/s1. The molecule has 1 heterocycles. The number of likely N-dealkylation sites (tertiary alicyclic amines) is 1. The van der Waals surface area contributed by atoms with Gasteiger partial charge in [-0.15, -0.1) is 0 Å². The Morgan fingerprint density at radius 1 is 1.30 bits per heavy atom. The summed E-state index contributed by atoms with van der Waals surface area (Å²) < 4.78 is 5.24. The molecule has 0 saturated carbocycles. The van der Waals surface area contributed by atoms with Crippen LogP contribution in [0.4, 0.5) is 0 Å². The fourth-order valence-corrected chi connectivity index (χ4v) is 2.66. The lowest BCUT2D eigenvalue weighted by Gasteiger charge is -2.24. The molecule has 4 nitrogen and oxygen atoms in total. The van der Waals surface area contributed by atoms with Crippen molar-refractivity contribution in [3.63, 3.8) is 0 Å². The van der Waals surface area contributed by atoms with Crippen molar-refractivity contribution in [2.75, 3.05) is 20.2 Å². The monoisotopic (exact) mass is 276 g/mol. The topological polar surface area (TPSA) is 41.6 Å². The van der Waals surface area contributed by atoms with Gasteiger partial charge in [0, 0.05) is 19.1 Å². The van der Waals surface area contributed by atoms with Crippen LogP contribution in [0.1, 0.15) is 38.3 Å². The van der Waals surface area contributed by atoms with Gasteiger partial charge in [-0.05, 0) is 44.4 Å². The van der Waals surface area contributed by atoms with Gasteiger partial charge in [-0.2, -0.15) is 0 Å². The Balaban J connectivity index is 1.95. The molecule has 1 saturated heterocycles. The van der Waals surface area contributed by atoms with E-state index in [1.54, 1.807) is 7.11 Å². The van der Waals surface area contributed by atoms with Gasteiger partial charge in [-0.1, -0.05) is 12.1 Å². The molecule has 1 aliphatic heterocycles. The summed E-state index contributed by atoms with van der Waals surface area (Å²) in [5.41, 5.74) is 1.13. The highest BCUT2D eigenvalue weighted by Crippen LogP contribution is 2.19. The van der Waals surface area contributed by atoms with E-state index in [1.165, 1.54) is 0 Å². The van der Waals surface area contributed by atoms with Gasteiger partial charge in [0.05, 0.1) is 13.2 Å². The van der Waals surface area contributed by atoms with Crippen molar-refractivity contribution in [2.45, 2.75) is 38.8 Å². The molecule has 1 amide bonds. The minimum Gasteiger partial charge on any atom is -0.497 e. The molecule has 110 valence electrons. The average Bonchev–Trinajstić information content (AvgIpc) is 3.00. The summed E-state index contributed by atoms with van der Waals surface area (Å²) >= 11 is 0. The zero-order valence-electron chi connectivity index (χ0n) is 12.6. The zero-order chi connectivity index (χ0) is 14.5. The number of methoxy groups -OCH3 is 1. The first-order valence-electron chi connectivity index (χ1n) is 7.30. The van der Waals surface area contributed by atoms with Gasteiger partial charge in [-0.25, -0.2) is 0 Å². The van der Waals surface area contributed by atoms with Gasteiger partial charge in [0.1, 0.15) is 5.75 Å². The van der Waals surface area contributed by atoms with E-state index in [0.717, 1.165) is 37.2 Å². The van der Waals surface area contributed by atoms with Gasteiger partial charge in [0.15, 0.2) is 0 Å². The third-order valence-corrected chi connectivity index (χ3v) is 3.88. The summed E-state index contributed by atoms with van der Waals surface area (Å²) in [5.74, 6) is 1.05. The summed E-state index contributed by atoms with van der Waals surface area (Å²) in [6.07, 6.45) is 2.26. The summed E-state index contributed by atoms with van der Waals surface area (Å²) in [6, 6.07) is 7.91. The minimum absolute atomic E-state index is 0.117. The Bertz CT molecular complexity index is 456. The normalized spacial score (nSPS) is 17.9. The number of amides is 1. The van der Waals surface area contributed by atoms with Crippen LogP contribution in [0.15, 0.2) is 24.3 Å². The van der Waals surface area contributed by atoms with Crippen LogP contribution in [-0.4, -0.2) is 37.0 Å². The third-order valence-electron chi connectivity index (χ3n) is 3.88. The quantitative estimate of drug-likeness (QED) is 0.897. The molecular formula is C16H24N2O2. The number of nitrogens with one attached hydrogen (secondary N) is 1. The minimum atomic E-state index is -0.158. The molecule has 2 rings (SSSR count). The first kappa shape index (κ1) is 14.9. The maximum Gasteiger partial charge on any atom is 0.239 e. The first-order chi connectivity index (χ1) is 9.61. The van der Waals surface area contributed by atoms with Crippen LogP contribution in [0.2, 0.25) is 0 Å². The number of carbonyl (C=O) groups excluding carboxylic acids is 1. The molecule has 1 aromatic rings. The Labute approximate surface area is 121 Å². The summed E-state index contributed by atoms with van der Waals surface area (Å²) in [5, 5.41) is 3.38. The van der Waals surface area contributed by atoms with Crippen molar-refractivity contribution in [3.05, 3.63) is 29.8 Å². The smallest absolute Gasteiger partial charge is 0.239 e. The van der Waals surface area contributed by atoms with Crippen LogP contribution in [0, 0.1) is 0 Å². The van der Waals surface area contributed by atoms with E-state index in [0.29, 0.717) is 0 Å². The molecule has 1 aliphatic rings. The Morgan fingerprint density at radius 3 is 2.65 bits per heavy atom. The number of ether oxygens (including phenoxy) is 1. The first-order valence-corrected chi connectivity index (χ1v) is 7.30. The van der Waals surface area contributed by atoms with E-state index in [2.05, 4.69) is 12.2 Å². The summed E-state index contributed by atoms with van der Waals surface area (Å²) in [6.45, 7) is 5.82. The molecule has 20 heavy (non-hydrogen) atoms. The average molecular weight is 276 g/mol. The molecule has 1 N–H and O–H groups in total. The van der Waals surface area contributed by atoms with Gasteiger partial charge < -0.3 is 9.64 Å². The highest BCUT2D eigenvalue weighted by molar-refractivity contribution is 5.81. The van der Waals surface area contributed by atoms with E-state index in [4.69, 9.17) is 4.74 Å². The number of nitrogens with zero attached hydrogens (tertiary/aromatic N) is 1. The predicted octanol–water partition coefficient (Wildman–Crippen LogP) is 2.36. The van der Waals surface area contributed by atoms with Gasteiger partial charge in [-0.3, -0.25) is 10.1 Å². The lowest BCUT2D eigenvalue weighted by atomic mass is 10.1. The van der Waals surface area contributed by atoms with E-state index < -0.39 is 0 Å². The predicted molar refractivity (Wildman–Crippen MR) is 79.8 cm³/mol. The largest absolute Gasteiger partial charge is 0.497 e. The van der Waals surface area contributed by atoms with Crippen molar-refractivity contribution in [2.24, 2.45) is 0 Å². The Hall–Kier alpha value is -1.55. The lowest BCUT2D eigenvalue weighted by Crippen LogP contribution is -2.44. The van der Waals surface area contributed by atoms with Crippen LogP contribution >= 0.6 is 0 Å². The summed E-state index contributed by atoms with van der Waals surface area (Å²) in [4.78, 5) is 14.2. The van der Waals surface area contributed by atoms with Crippen LogP contribution in [0.3, 0.4) is 0 Å². The molecule has 2 atom stereocenters. The van der Waals surface area contributed by atoms with Crippen molar-refractivity contribution in [3.8, 4) is 5.75 Å². The van der Waals surface area contributed by atoms with Crippen LogP contribution in [0.5, 0.6) is 5.75 Å². The van der Waals surface area contributed by atoms with E-state index in [9.17, 15) is 4.79 Å². The molecule has 1 unspecified atom stereocenters. The van der Waals surface area contributed by atoms with Gasteiger partial charge in [0.2, 0.25) is 5.91 Å². The number of hydrogen-bond acceptors (Lipinski definition) is 3. The van der Waals surface area contributed by atoms with Crippen molar-refractivity contribution in [1.82, 2.24) is 10.2 Å². The lowest BCUT2D eigenvalue weighted by molar-refractivity contribution is -0.132. The van der Waals surface area contributed by atoms with Crippen LogP contribution in [-0.2, 0) is 4.79 Å². The van der Waals surface area contributed by atoms with Crippen molar-refractivity contribution >= 4 is 5.91 Å². The zero-order valence-corrected chi connectivity index (χ0v) is 12.6. The van der Waals surface area contributed by atoms with Crippen molar-refractivity contribution in [1.29, 1.82) is 0 Å². The van der Waals surface area contributed by atoms with E-state index in [1.807, 2.05) is 36.1 Å². The Kier molecular flexibility index (Phi) is 5.01. The number of carbonyl (C=O) groups is 1. The Morgan fingerprint density at radius 2 is 2.00 bits per heavy atom.